The van der Waals surface area contributed by atoms with Crippen molar-refractivity contribution in [1.82, 2.24) is 10.2 Å². The van der Waals surface area contributed by atoms with Crippen LogP contribution in [0.1, 0.15) is 32.3 Å². The van der Waals surface area contributed by atoms with E-state index < -0.39 is 17.1 Å². The summed E-state index contributed by atoms with van der Waals surface area (Å²) in [6, 6.07) is 4.60. The molecule has 1 saturated heterocycles. The second kappa shape index (κ2) is 10.4. The molecule has 0 spiro atoms. The molecule has 3 atom stereocenters. The van der Waals surface area contributed by atoms with E-state index in [1.165, 1.54) is 29.2 Å². The van der Waals surface area contributed by atoms with Crippen molar-refractivity contribution in [2.45, 2.75) is 50.6 Å². The number of hydrogen-bond acceptors (Lipinski definition) is 7. The highest BCUT2D eigenvalue weighted by atomic mass is 32.1. The van der Waals surface area contributed by atoms with E-state index in [1.807, 2.05) is 13.8 Å². The summed E-state index contributed by atoms with van der Waals surface area (Å²) >= 11 is 4.40. The Morgan fingerprint density at radius 1 is 1.38 bits per heavy atom. The zero-order valence-corrected chi connectivity index (χ0v) is 17.4. The predicted molar refractivity (Wildman–Crippen MR) is 110 cm³/mol. The molecule has 2 amide bonds. The van der Waals surface area contributed by atoms with Gasteiger partial charge in [0, 0.05) is 23.9 Å². The zero-order chi connectivity index (χ0) is 21.6. The van der Waals surface area contributed by atoms with Gasteiger partial charge in [-0.3, -0.25) is 19.8 Å². The number of ether oxygens (including phenoxy) is 1. The number of non-ortho nitro benzene ring substituents is 1. The van der Waals surface area contributed by atoms with Crippen LogP contribution in [0.4, 0.5) is 10.5 Å². The number of nitro benzene ring substituents is 1. The van der Waals surface area contributed by atoms with Gasteiger partial charge in [-0.1, -0.05) is 13.8 Å². The average molecular weight is 426 g/mol. The van der Waals surface area contributed by atoms with Crippen LogP contribution in [0.5, 0.6) is 0 Å². The van der Waals surface area contributed by atoms with Crippen molar-refractivity contribution in [1.29, 1.82) is 0 Å². The summed E-state index contributed by atoms with van der Waals surface area (Å²) in [5.74, 6) is -0.0371. The third-order valence-electron chi connectivity index (χ3n) is 4.65. The molecular formula is C19H27N3O6S. The van der Waals surface area contributed by atoms with Crippen LogP contribution in [-0.2, 0) is 16.1 Å². The van der Waals surface area contributed by atoms with E-state index >= 15 is 0 Å². The highest BCUT2D eigenvalue weighted by molar-refractivity contribution is 7.81. The Bertz CT molecular complexity index is 727. The van der Waals surface area contributed by atoms with Gasteiger partial charge in [-0.2, -0.15) is 12.6 Å². The number of nitrogens with zero attached hydrogens (tertiary/aromatic N) is 2. The van der Waals surface area contributed by atoms with E-state index in [2.05, 4.69) is 17.9 Å². The van der Waals surface area contributed by atoms with Crippen LogP contribution >= 0.6 is 12.6 Å². The average Bonchev–Trinajstić information content (AvgIpc) is 3.07. The number of carbonyl (C=O) groups is 2. The first kappa shape index (κ1) is 23.0. The monoisotopic (exact) mass is 425 g/mol. The molecule has 160 valence electrons. The van der Waals surface area contributed by atoms with E-state index in [1.54, 1.807) is 0 Å². The summed E-state index contributed by atoms with van der Waals surface area (Å²) in [5, 5.41) is 22.8. The minimum absolute atomic E-state index is 0.0471. The highest BCUT2D eigenvalue weighted by Gasteiger charge is 2.39. The number of likely N-dealkylation sites (tertiary alicyclic amines) is 1. The van der Waals surface area contributed by atoms with Crippen molar-refractivity contribution >= 4 is 30.3 Å². The molecule has 1 unspecified atom stereocenters. The minimum atomic E-state index is -0.719. The van der Waals surface area contributed by atoms with Gasteiger partial charge in [0.1, 0.15) is 12.6 Å². The molecule has 1 aromatic carbocycles. The number of amides is 2. The van der Waals surface area contributed by atoms with Gasteiger partial charge in [0.15, 0.2) is 0 Å². The topological polar surface area (TPSA) is 122 Å². The molecule has 2 N–H and O–H groups in total. The number of hydrogen-bond donors (Lipinski definition) is 3. The molecule has 1 heterocycles. The molecule has 1 fully saturated rings. The van der Waals surface area contributed by atoms with Crippen LogP contribution in [0.25, 0.3) is 0 Å². The maximum absolute atomic E-state index is 12.7. The number of rotatable bonds is 8. The standard InChI is InChI=1S/C19H27N3O6S/c1-12(2)7-14(10-23)20-18(24)17-8-16(29)9-21(17)19(25)28-11-13-3-5-15(6-4-13)22(26)27/h3-6,12,14,16-17,23,29H,7-11H2,1-2H3,(H,20,24)/t14?,16-,17-/m0/s1. The quantitative estimate of drug-likeness (QED) is 0.333. The predicted octanol–water partition coefficient (Wildman–Crippen LogP) is 2.13. The Hall–Kier alpha value is -2.33. The summed E-state index contributed by atoms with van der Waals surface area (Å²) in [6.45, 7) is 4.03. The van der Waals surface area contributed by atoms with E-state index in [9.17, 15) is 24.8 Å². The molecule has 0 bridgehead atoms. The fourth-order valence-corrected chi connectivity index (χ4v) is 3.63. The van der Waals surface area contributed by atoms with Crippen molar-refractivity contribution in [3.05, 3.63) is 39.9 Å². The Morgan fingerprint density at radius 2 is 2.03 bits per heavy atom. The number of nitrogens with one attached hydrogen (secondary N) is 1. The van der Waals surface area contributed by atoms with Crippen LogP contribution in [-0.4, -0.2) is 57.4 Å². The first-order chi connectivity index (χ1) is 13.7. The molecule has 29 heavy (non-hydrogen) atoms. The smallest absolute Gasteiger partial charge is 0.410 e. The number of thiol groups is 1. The van der Waals surface area contributed by atoms with E-state index in [4.69, 9.17) is 4.74 Å². The Kier molecular flexibility index (Phi) is 8.27. The van der Waals surface area contributed by atoms with E-state index in [0.29, 0.717) is 24.3 Å². The van der Waals surface area contributed by atoms with Crippen molar-refractivity contribution in [2.24, 2.45) is 5.92 Å². The molecule has 2 rings (SSSR count). The first-order valence-corrected chi connectivity index (χ1v) is 9.99. The lowest BCUT2D eigenvalue weighted by Gasteiger charge is -2.26. The molecule has 9 nitrogen and oxygen atoms in total. The van der Waals surface area contributed by atoms with Crippen molar-refractivity contribution in [3.63, 3.8) is 0 Å². The van der Waals surface area contributed by atoms with Crippen molar-refractivity contribution in [2.75, 3.05) is 13.2 Å². The minimum Gasteiger partial charge on any atom is -0.445 e. The molecule has 10 heteroatoms. The molecule has 0 saturated carbocycles. The lowest BCUT2D eigenvalue weighted by molar-refractivity contribution is -0.384. The van der Waals surface area contributed by atoms with E-state index in [0.717, 1.165) is 0 Å². The molecule has 1 aliphatic heterocycles. The second-order valence-corrected chi connectivity index (χ2v) is 8.28. The normalized spacial score (nSPS) is 19.8. The van der Waals surface area contributed by atoms with Crippen LogP contribution in [0.2, 0.25) is 0 Å². The molecular weight excluding hydrogens is 398 g/mol. The number of aliphatic hydroxyl groups is 1. The van der Waals surface area contributed by atoms with E-state index in [-0.39, 0.29) is 42.6 Å². The summed E-state index contributed by atoms with van der Waals surface area (Å²) in [5.41, 5.74) is 0.554. The highest BCUT2D eigenvalue weighted by Crippen LogP contribution is 2.24. The Morgan fingerprint density at radius 3 is 2.59 bits per heavy atom. The number of nitro groups is 1. The van der Waals surface area contributed by atoms with Crippen LogP contribution in [0, 0.1) is 16.0 Å². The zero-order valence-electron chi connectivity index (χ0n) is 16.5. The summed E-state index contributed by atoms with van der Waals surface area (Å²) in [7, 11) is 0. The van der Waals surface area contributed by atoms with Gasteiger partial charge in [-0.15, -0.1) is 0 Å². The van der Waals surface area contributed by atoms with Gasteiger partial charge in [0.05, 0.1) is 17.6 Å². The van der Waals surface area contributed by atoms with Gasteiger partial charge in [-0.05, 0) is 36.5 Å². The lowest BCUT2D eigenvalue weighted by atomic mass is 10.0. The van der Waals surface area contributed by atoms with Gasteiger partial charge in [0.2, 0.25) is 5.91 Å². The maximum atomic E-state index is 12.7. The van der Waals surface area contributed by atoms with Crippen LogP contribution < -0.4 is 5.32 Å². The lowest BCUT2D eigenvalue weighted by Crippen LogP contribution is -2.50. The fraction of sp³-hybridized carbons (Fsp3) is 0.579. The molecule has 0 aliphatic carbocycles. The largest absolute Gasteiger partial charge is 0.445 e. The van der Waals surface area contributed by atoms with Crippen LogP contribution in [0.15, 0.2) is 24.3 Å². The number of benzene rings is 1. The SMILES string of the molecule is CC(C)CC(CO)NC(=O)[C@@H]1C[C@H](S)CN1C(=O)OCc1ccc([N+](=O)[O-])cc1. The Labute approximate surface area is 175 Å². The van der Waals surface area contributed by atoms with Crippen molar-refractivity contribution < 1.29 is 24.4 Å². The number of aliphatic hydroxyl groups excluding tert-OH is 1. The van der Waals surface area contributed by atoms with Gasteiger partial charge in [0.25, 0.3) is 5.69 Å². The van der Waals surface area contributed by atoms with Gasteiger partial charge < -0.3 is 15.2 Å². The number of carbonyl (C=O) groups excluding carboxylic acids is 2. The molecule has 1 aliphatic rings. The molecule has 0 radical (unpaired) electrons. The third-order valence-corrected chi connectivity index (χ3v) is 5.02. The fourth-order valence-electron chi connectivity index (χ4n) is 3.25. The molecule has 0 aromatic heterocycles. The summed E-state index contributed by atoms with van der Waals surface area (Å²) in [6.07, 6.45) is 0.370. The second-order valence-electron chi connectivity index (χ2n) is 7.55. The Balaban J connectivity index is 1.96. The van der Waals surface area contributed by atoms with Gasteiger partial charge in [-0.25, -0.2) is 4.79 Å². The maximum Gasteiger partial charge on any atom is 0.410 e. The third kappa shape index (κ3) is 6.60. The van der Waals surface area contributed by atoms with Crippen molar-refractivity contribution in [3.8, 4) is 0 Å². The molecule has 1 aromatic rings. The summed E-state index contributed by atoms with van der Waals surface area (Å²) < 4.78 is 5.29. The summed E-state index contributed by atoms with van der Waals surface area (Å²) in [4.78, 5) is 36.7. The van der Waals surface area contributed by atoms with Crippen LogP contribution in [0.3, 0.4) is 0 Å². The first-order valence-electron chi connectivity index (χ1n) is 9.47. The van der Waals surface area contributed by atoms with Gasteiger partial charge >= 0.3 is 6.09 Å².